The molecule has 2 nitrogen and oxygen atoms in total. The second-order valence-electron chi connectivity index (χ2n) is 6.81. The molecule has 1 aromatic carbocycles. The molecule has 0 radical (unpaired) electrons. The lowest BCUT2D eigenvalue weighted by Gasteiger charge is -2.21. The van der Waals surface area contributed by atoms with E-state index in [1.165, 1.54) is 56.1 Å². The van der Waals surface area contributed by atoms with E-state index in [-0.39, 0.29) is 0 Å². The lowest BCUT2D eigenvalue weighted by molar-refractivity contribution is 0.0739. The predicted molar refractivity (Wildman–Crippen MR) is 87.4 cm³/mol. The van der Waals surface area contributed by atoms with Crippen molar-refractivity contribution < 1.29 is 4.74 Å². The van der Waals surface area contributed by atoms with Gasteiger partial charge >= 0.3 is 0 Å². The second-order valence-corrected chi connectivity index (χ2v) is 6.81. The fourth-order valence-corrected chi connectivity index (χ4v) is 3.21. The maximum absolute atomic E-state index is 5.91. The van der Waals surface area contributed by atoms with Crippen molar-refractivity contribution in [3.63, 3.8) is 0 Å². The van der Waals surface area contributed by atoms with Crippen LogP contribution in [0.15, 0.2) is 24.3 Å². The molecular formula is C19H29NO. The number of benzene rings is 1. The van der Waals surface area contributed by atoms with Crippen molar-refractivity contribution in [3.05, 3.63) is 35.4 Å². The highest BCUT2D eigenvalue weighted by molar-refractivity contribution is 5.22. The molecule has 2 saturated carbocycles. The standard InChI is InChI=1S/C19H29NO/c1-2-4-17(5-3-1)14-21-15-18-8-6-16(7-9-18)12-13-20-19-10-11-19/h6-9,17,19-20H,1-5,10-15H2. The van der Waals surface area contributed by atoms with Gasteiger partial charge in [-0.05, 0) is 55.7 Å². The van der Waals surface area contributed by atoms with Crippen LogP contribution < -0.4 is 5.32 Å². The number of hydrogen-bond acceptors (Lipinski definition) is 2. The summed E-state index contributed by atoms with van der Waals surface area (Å²) >= 11 is 0. The number of hydrogen-bond donors (Lipinski definition) is 1. The molecule has 0 spiro atoms. The Morgan fingerprint density at radius 3 is 2.33 bits per heavy atom. The molecule has 1 N–H and O–H groups in total. The molecule has 0 atom stereocenters. The van der Waals surface area contributed by atoms with Gasteiger partial charge in [-0.2, -0.15) is 0 Å². The summed E-state index contributed by atoms with van der Waals surface area (Å²) in [6.45, 7) is 2.84. The van der Waals surface area contributed by atoms with Crippen molar-refractivity contribution in [3.8, 4) is 0 Å². The Labute approximate surface area is 129 Å². The van der Waals surface area contributed by atoms with Crippen molar-refractivity contribution in [2.45, 2.75) is 64.0 Å². The molecule has 0 aromatic heterocycles. The van der Waals surface area contributed by atoms with Gasteiger partial charge in [-0.15, -0.1) is 0 Å². The monoisotopic (exact) mass is 287 g/mol. The highest BCUT2D eigenvalue weighted by Crippen LogP contribution is 2.24. The average molecular weight is 287 g/mol. The summed E-state index contributed by atoms with van der Waals surface area (Å²) in [5.41, 5.74) is 2.74. The minimum Gasteiger partial charge on any atom is -0.376 e. The fourth-order valence-electron chi connectivity index (χ4n) is 3.21. The third-order valence-corrected chi connectivity index (χ3v) is 4.79. The first-order valence-electron chi connectivity index (χ1n) is 8.79. The van der Waals surface area contributed by atoms with Gasteiger partial charge in [0, 0.05) is 12.6 Å². The third kappa shape index (κ3) is 5.44. The smallest absolute Gasteiger partial charge is 0.0717 e. The molecule has 2 aliphatic carbocycles. The highest BCUT2D eigenvalue weighted by Gasteiger charge is 2.19. The number of rotatable bonds is 8. The molecule has 0 amide bonds. The Kier molecular flexibility index (Phi) is 5.70. The van der Waals surface area contributed by atoms with Crippen LogP contribution in [0.5, 0.6) is 0 Å². The lowest BCUT2D eigenvalue weighted by Crippen LogP contribution is -2.19. The minimum atomic E-state index is 0.775. The van der Waals surface area contributed by atoms with Crippen LogP contribution in [0.3, 0.4) is 0 Å². The van der Waals surface area contributed by atoms with Gasteiger partial charge in [-0.25, -0.2) is 0 Å². The molecule has 0 unspecified atom stereocenters. The molecule has 116 valence electrons. The van der Waals surface area contributed by atoms with Crippen molar-refractivity contribution in [1.29, 1.82) is 0 Å². The molecule has 2 fully saturated rings. The number of ether oxygens (including phenoxy) is 1. The van der Waals surface area contributed by atoms with Crippen molar-refractivity contribution in [2.24, 2.45) is 5.92 Å². The predicted octanol–water partition coefficient (Wildman–Crippen LogP) is 4.08. The Morgan fingerprint density at radius 2 is 1.62 bits per heavy atom. The molecule has 0 aliphatic heterocycles. The van der Waals surface area contributed by atoms with Crippen LogP contribution in [0, 0.1) is 5.92 Å². The maximum atomic E-state index is 5.91. The van der Waals surface area contributed by atoms with Gasteiger partial charge in [0.15, 0.2) is 0 Å². The van der Waals surface area contributed by atoms with Crippen molar-refractivity contribution >= 4 is 0 Å². The van der Waals surface area contributed by atoms with E-state index in [0.29, 0.717) is 0 Å². The van der Waals surface area contributed by atoms with E-state index in [9.17, 15) is 0 Å². The molecule has 2 heteroatoms. The topological polar surface area (TPSA) is 21.3 Å². The van der Waals surface area contributed by atoms with Crippen LogP contribution in [-0.4, -0.2) is 19.2 Å². The molecule has 0 heterocycles. The van der Waals surface area contributed by atoms with E-state index in [1.54, 1.807) is 0 Å². The highest BCUT2D eigenvalue weighted by atomic mass is 16.5. The Hall–Kier alpha value is -0.860. The van der Waals surface area contributed by atoms with E-state index in [1.807, 2.05) is 0 Å². The van der Waals surface area contributed by atoms with Gasteiger partial charge < -0.3 is 10.1 Å². The Morgan fingerprint density at radius 1 is 0.905 bits per heavy atom. The zero-order chi connectivity index (χ0) is 14.3. The Balaban J connectivity index is 1.33. The summed E-state index contributed by atoms with van der Waals surface area (Å²) in [5, 5.41) is 3.57. The SMILES string of the molecule is c1cc(COCC2CCCCC2)ccc1CCNC1CC1. The van der Waals surface area contributed by atoms with E-state index >= 15 is 0 Å². The second kappa shape index (κ2) is 7.95. The summed E-state index contributed by atoms with van der Waals surface area (Å²) < 4.78 is 5.91. The summed E-state index contributed by atoms with van der Waals surface area (Å²) in [5.74, 6) is 0.812. The molecule has 1 aromatic rings. The third-order valence-electron chi connectivity index (χ3n) is 4.79. The van der Waals surface area contributed by atoms with Gasteiger partial charge in [-0.1, -0.05) is 43.5 Å². The average Bonchev–Trinajstić information content (AvgIpc) is 3.34. The van der Waals surface area contributed by atoms with Crippen molar-refractivity contribution in [2.75, 3.05) is 13.2 Å². The van der Waals surface area contributed by atoms with Crippen molar-refractivity contribution in [1.82, 2.24) is 5.32 Å². The number of nitrogens with one attached hydrogen (secondary N) is 1. The first-order chi connectivity index (χ1) is 10.4. The minimum absolute atomic E-state index is 0.775. The van der Waals surface area contributed by atoms with Gasteiger partial charge in [0.05, 0.1) is 6.61 Å². The fraction of sp³-hybridized carbons (Fsp3) is 0.684. The van der Waals surface area contributed by atoms with Gasteiger partial charge in [-0.3, -0.25) is 0 Å². The normalized spacial score (nSPS) is 19.8. The van der Waals surface area contributed by atoms with Crippen LogP contribution in [0.4, 0.5) is 0 Å². The summed E-state index contributed by atoms with van der Waals surface area (Å²) in [6.07, 6.45) is 10.8. The molecule has 0 saturated heterocycles. The zero-order valence-corrected chi connectivity index (χ0v) is 13.2. The summed E-state index contributed by atoms with van der Waals surface area (Å²) in [6, 6.07) is 9.79. The summed E-state index contributed by atoms with van der Waals surface area (Å²) in [7, 11) is 0. The van der Waals surface area contributed by atoms with Crippen LogP contribution in [-0.2, 0) is 17.8 Å². The zero-order valence-electron chi connectivity index (χ0n) is 13.2. The lowest BCUT2D eigenvalue weighted by atomic mass is 9.90. The summed E-state index contributed by atoms with van der Waals surface area (Å²) in [4.78, 5) is 0. The van der Waals surface area contributed by atoms with Crippen LogP contribution in [0.25, 0.3) is 0 Å². The van der Waals surface area contributed by atoms with E-state index in [2.05, 4.69) is 29.6 Å². The maximum Gasteiger partial charge on any atom is 0.0717 e. The van der Waals surface area contributed by atoms with E-state index in [4.69, 9.17) is 4.74 Å². The molecule has 0 bridgehead atoms. The molecular weight excluding hydrogens is 258 g/mol. The first-order valence-corrected chi connectivity index (χ1v) is 8.79. The van der Waals surface area contributed by atoms with Crippen LogP contribution in [0.1, 0.15) is 56.1 Å². The Bertz CT molecular complexity index is 404. The molecule has 21 heavy (non-hydrogen) atoms. The van der Waals surface area contributed by atoms with E-state index < -0.39 is 0 Å². The molecule has 2 aliphatic rings. The van der Waals surface area contributed by atoms with Crippen LogP contribution >= 0.6 is 0 Å². The first kappa shape index (κ1) is 15.1. The van der Waals surface area contributed by atoms with E-state index in [0.717, 1.165) is 38.1 Å². The van der Waals surface area contributed by atoms with Gasteiger partial charge in [0.1, 0.15) is 0 Å². The quantitative estimate of drug-likeness (QED) is 0.778. The van der Waals surface area contributed by atoms with Gasteiger partial charge in [0.2, 0.25) is 0 Å². The largest absolute Gasteiger partial charge is 0.376 e. The molecule has 3 rings (SSSR count). The van der Waals surface area contributed by atoms with Crippen LogP contribution in [0.2, 0.25) is 0 Å². The van der Waals surface area contributed by atoms with Gasteiger partial charge in [0.25, 0.3) is 0 Å².